The second-order valence-electron chi connectivity index (χ2n) is 4.74. The number of rotatable bonds is 4. The van der Waals surface area contributed by atoms with E-state index in [0.717, 1.165) is 22.4 Å². The van der Waals surface area contributed by atoms with Crippen molar-refractivity contribution in [2.75, 3.05) is 5.32 Å². The molecule has 0 radical (unpaired) electrons. The predicted octanol–water partition coefficient (Wildman–Crippen LogP) is 3.53. The van der Waals surface area contributed by atoms with Gasteiger partial charge in [0.25, 0.3) is 5.69 Å². The van der Waals surface area contributed by atoms with Gasteiger partial charge >= 0.3 is 0 Å². The van der Waals surface area contributed by atoms with Crippen LogP contribution >= 0.6 is 0 Å². The number of nitro groups is 1. The molecule has 0 bridgehead atoms. The smallest absolute Gasteiger partial charge is 0.269 e. The minimum Gasteiger partial charge on any atom is -0.507 e. The molecule has 2 aromatic rings. The molecule has 0 heterocycles. The predicted molar refractivity (Wildman–Crippen MR) is 78.0 cm³/mol. The summed E-state index contributed by atoms with van der Waals surface area (Å²) in [5, 5.41) is 23.5. The van der Waals surface area contributed by atoms with Gasteiger partial charge in [0.05, 0.1) is 4.92 Å². The van der Waals surface area contributed by atoms with E-state index in [0.29, 0.717) is 12.3 Å². The number of phenols is 1. The van der Waals surface area contributed by atoms with Crippen molar-refractivity contribution in [3.63, 3.8) is 0 Å². The van der Waals surface area contributed by atoms with Crippen molar-refractivity contribution in [1.82, 2.24) is 0 Å². The van der Waals surface area contributed by atoms with Gasteiger partial charge in [-0.15, -0.1) is 0 Å². The molecular weight excluding hydrogens is 256 g/mol. The fraction of sp³-hybridized carbons (Fsp3) is 0.200. The van der Waals surface area contributed by atoms with Crippen LogP contribution < -0.4 is 5.32 Å². The number of phenolic OH excluding ortho intramolecular Hbond substituents is 1. The molecule has 0 spiro atoms. The van der Waals surface area contributed by atoms with Gasteiger partial charge in [0, 0.05) is 24.4 Å². The molecule has 0 unspecified atom stereocenters. The Morgan fingerprint density at radius 3 is 2.20 bits per heavy atom. The molecule has 0 saturated heterocycles. The molecule has 20 heavy (non-hydrogen) atoms. The Kier molecular flexibility index (Phi) is 3.89. The number of aryl methyl sites for hydroxylation is 2. The van der Waals surface area contributed by atoms with E-state index in [1.807, 2.05) is 26.0 Å². The van der Waals surface area contributed by atoms with Gasteiger partial charge < -0.3 is 10.4 Å². The van der Waals surface area contributed by atoms with E-state index in [1.165, 1.54) is 12.1 Å². The molecule has 0 fully saturated rings. The van der Waals surface area contributed by atoms with Crippen molar-refractivity contribution in [3.05, 3.63) is 63.2 Å². The summed E-state index contributed by atoms with van der Waals surface area (Å²) in [5.74, 6) is 0.323. The first-order valence-electron chi connectivity index (χ1n) is 6.25. The first-order chi connectivity index (χ1) is 9.47. The summed E-state index contributed by atoms with van der Waals surface area (Å²) in [4.78, 5) is 10.1. The molecule has 0 aliphatic carbocycles. The third kappa shape index (κ3) is 3.06. The molecule has 5 nitrogen and oxygen atoms in total. The van der Waals surface area contributed by atoms with Crippen LogP contribution in [0.2, 0.25) is 0 Å². The zero-order valence-electron chi connectivity index (χ0n) is 11.4. The maximum Gasteiger partial charge on any atom is 0.269 e. The highest BCUT2D eigenvalue weighted by molar-refractivity contribution is 5.49. The summed E-state index contributed by atoms with van der Waals surface area (Å²) in [6.45, 7) is 4.31. The van der Waals surface area contributed by atoms with Gasteiger partial charge in [-0.1, -0.05) is 12.1 Å². The second-order valence-corrected chi connectivity index (χ2v) is 4.74. The summed E-state index contributed by atoms with van der Waals surface area (Å²) in [7, 11) is 0. The lowest BCUT2D eigenvalue weighted by Gasteiger charge is -2.10. The van der Waals surface area contributed by atoms with E-state index in [2.05, 4.69) is 5.32 Å². The standard InChI is InChI=1S/C15H16N2O3/c1-10-7-12(8-11(2)15(10)18)9-16-13-3-5-14(6-4-13)17(19)20/h3-8,16,18H,9H2,1-2H3. The quantitative estimate of drug-likeness (QED) is 0.659. The number of anilines is 1. The number of nitrogens with zero attached hydrogens (tertiary/aromatic N) is 1. The maximum absolute atomic E-state index is 10.6. The summed E-state index contributed by atoms with van der Waals surface area (Å²) >= 11 is 0. The van der Waals surface area contributed by atoms with Crippen molar-refractivity contribution >= 4 is 11.4 Å². The number of hydrogen-bond acceptors (Lipinski definition) is 4. The highest BCUT2D eigenvalue weighted by Gasteiger charge is 2.05. The van der Waals surface area contributed by atoms with Crippen LogP contribution in [-0.2, 0) is 6.54 Å². The molecule has 5 heteroatoms. The molecular formula is C15H16N2O3. The van der Waals surface area contributed by atoms with Gasteiger partial charge in [-0.2, -0.15) is 0 Å². The molecule has 0 atom stereocenters. The molecule has 0 saturated carbocycles. The third-order valence-corrected chi connectivity index (χ3v) is 3.13. The minimum atomic E-state index is -0.420. The van der Waals surface area contributed by atoms with Crippen LogP contribution in [-0.4, -0.2) is 10.0 Å². The fourth-order valence-corrected chi connectivity index (χ4v) is 2.05. The molecule has 0 aromatic heterocycles. The van der Waals surface area contributed by atoms with Crippen LogP contribution in [0.4, 0.5) is 11.4 Å². The number of benzene rings is 2. The van der Waals surface area contributed by atoms with E-state index in [4.69, 9.17) is 0 Å². The van der Waals surface area contributed by atoms with Crippen molar-refractivity contribution in [2.45, 2.75) is 20.4 Å². The summed E-state index contributed by atoms with van der Waals surface area (Å²) < 4.78 is 0. The van der Waals surface area contributed by atoms with Crippen LogP contribution in [0.1, 0.15) is 16.7 Å². The third-order valence-electron chi connectivity index (χ3n) is 3.13. The van der Waals surface area contributed by atoms with Crippen LogP contribution in [0.5, 0.6) is 5.75 Å². The van der Waals surface area contributed by atoms with Crippen LogP contribution in [0, 0.1) is 24.0 Å². The zero-order chi connectivity index (χ0) is 14.7. The Morgan fingerprint density at radius 1 is 1.15 bits per heavy atom. The number of nitrogens with one attached hydrogen (secondary N) is 1. The second kappa shape index (κ2) is 5.61. The SMILES string of the molecule is Cc1cc(CNc2ccc([N+](=O)[O-])cc2)cc(C)c1O. The van der Waals surface area contributed by atoms with Crippen LogP contribution in [0.3, 0.4) is 0 Å². The highest BCUT2D eigenvalue weighted by Crippen LogP contribution is 2.23. The maximum atomic E-state index is 10.6. The summed E-state index contributed by atoms with van der Waals surface area (Å²) in [6.07, 6.45) is 0. The van der Waals surface area contributed by atoms with E-state index < -0.39 is 4.92 Å². The molecule has 2 aromatic carbocycles. The van der Waals surface area contributed by atoms with Gasteiger partial charge in [0.2, 0.25) is 0 Å². The average molecular weight is 272 g/mol. The number of hydrogen-bond donors (Lipinski definition) is 2. The normalized spacial score (nSPS) is 10.3. The highest BCUT2D eigenvalue weighted by atomic mass is 16.6. The summed E-state index contributed by atoms with van der Waals surface area (Å²) in [5.41, 5.74) is 3.62. The topological polar surface area (TPSA) is 75.4 Å². The van der Waals surface area contributed by atoms with Crippen molar-refractivity contribution in [3.8, 4) is 5.75 Å². The van der Waals surface area contributed by atoms with E-state index >= 15 is 0 Å². The zero-order valence-corrected chi connectivity index (χ0v) is 11.4. The Bertz CT molecular complexity index is 613. The molecule has 2 N–H and O–H groups in total. The van der Waals surface area contributed by atoms with Gasteiger partial charge in [-0.05, 0) is 42.7 Å². The lowest BCUT2D eigenvalue weighted by molar-refractivity contribution is -0.384. The first-order valence-corrected chi connectivity index (χ1v) is 6.25. The molecule has 0 amide bonds. The number of aromatic hydroxyl groups is 1. The largest absolute Gasteiger partial charge is 0.507 e. The average Bonchev–Trinajstić information content (AvgIpc) is 2.42. The van der Waals surface area contributed by atoms with Crippen molar-refractivity contribution < 1.29 is 10.0 Å². The van der Waals surface area contributed by atoms with Gasteiger partial charge in [-0.3, -0.25) is 10.1 Å². The van der Waals surface area contributed by atoms with E-state index in [9.17, 15) is 15.2 Å². The molecule has 104 valence electrons. The lowest BCUT2D eigenvalue weighted by atomic mass is 10.1. The van der Waals surface area contributed by atoms with E-state index in [1.54, 1.807) is 12.1 Å². The lowest BCUT2D eigenvalue weighted by Crippen LogP contribution is -2.00. The molecule has 2 rings (SSSR count). The Labute approximate surface area is 117 Å². The van der Waals surface area contributed by atoms with Crippen LogP contribution in [0.15, 0.2) is 36.4 Å². The number of nitro benzene ring substituents is 1. The van der Waals surface area contributed by atoms with Crippen molar-refractivity contribution in [2.24, 2.45) is 0 Å². The van der Waals surface area contributed by atoms with Gasteiger partial charge in [-0.25, -0.2) is 0 Å². The Balaban J connectivity index is 2.07. The summed E-state index contributed by atoms with van der Waals surface area (Å²) in [6, 6.07) is 10.1. The molecule has 0 aliphatic rings. The van der Waals surface area contributed by atoms with Crippen molar-refractivity contribution in [1.29, 1.82) is 0 Å². The Hall–Kier alpha value is -2.56. The first kappa shape index (κ1) is 13.9. The Morgan fingerprint density at radius 2 is 1.70 bits per heavy atom. The monoisotopic (exact) mass is 272 g/mol. The number of non-ortho nitro benzene ring substituents is 1. The van der Waals surface area contributed by atoms with Gasteiger partial charge in [0.15, 0.2) is 0 Å². The van der Waals surface area contributed by atoms with Gasteiger partial charge in [0.1, 0.15) is 5.75 Å². The minimum absolute atomic E-state index is 0.0758. The fourth-order valence-electron chi connectivity index (χ4n) is 2.05. The molecule has 0 aliphatic heterocycles. The van der Waals surface area contributed by atoms with E-state index in [-0.39, 0.29) is 5.69 Å². The van der Waals surface area contributed by atoms with Crippen LogP contribution in [0.25, 0.3) is 0 Å².